The van der Waals surface area contributed by atoms with E-state index < -0.39 is 0 Å². The normalized spacial score (nSPS) is 11.8. The number of aromatic nitrogens is 2. The van der Waals surface area contributed by atoms with Crippen molar-refractivity contribution in [2.75, 3.05) is 6.54 Å². The van der Waals surface area contributed by atoms with Gasteiger partial charge in [0.25, 0.3) is 0 Å². The Balaban J connectivity index is 2.52. The van der Waals surface area contributed by atoms with Crippen LogP contribution in [0, 0.1) is 6.92 Å². The van der Waals surface area contributed by atoms with Crippen LogP contribution in [-0.4, -0.2) is 16.1 Å². The summed E-state index contributed by atoms with van der Waals surface area (Å²) in [6.07, 6.45) is 3.66. The Labute approximate surface area is 113 Å². The zero-order valence-corrected chi connectivity index (χ0v) is 11.7. The first-order valence-electron chi connectivity index (χ1n) is 5.95. The molecule has 0 amide bonds. The Morgan fingerprint density at radius 1 is 1.39 bits per heavy atom. The lowest BCUT2D eigenvalue weighted by Gasteiger charge is -2.27. The fourth-order valence-corrected chi connectivity index (χ4v) is 2.02. The number of hydrogen-bond donors (Lipinski definition) is 1. The predicted octanol–water partition coefficient (Wildman–Crippen LogP) is 3.21. The molecule has 2 aromatic rings. The topological polar surface area (TPSA) is 43.8 Å². The van der Waals surface area contributed by atoms with E-state index in [1.807, 2.05) is 31.6 Å². The molecule has 0 spiro atoms. The summed E-state index contributed by atoms with van der Waals surface area (Å²) in [7, 11) is 0. The van der Waals surface area contributed by atoms with Gasteiger partial charge in [0.2, 0.25) is 0 Å². The second kappa shape index (κ2) is 4.75. The van der Waals surface area contributed by atoms with Crippen molar-refractivity contribution in [3.63, 3.8) is 0 Å². The SMILES string of the molecule is Cc1ccc(-c2cncn2C(C)(C)CN)cc1Cl. The number of rotatable bonds is 3. The fraction of sp³-hybridized carbons (Fsp3) is 0.357. The summed E-state index contributed by atoms with van der Waals surface area (Å²) < 4.78 is 2.09. The van der Waals surface area contributed by atoms with Crippen LogP contribution in [0.5, 0.6) is 0 Å². The van der Waals surface area contributed by atoms with Gasteiger partial charge in [-0.2, -0.15) is 0 Å². The van der Waals surface area contributed by atoms with Crippen LogP contribution >= 0.6 is 11.6 Å². The van der Waals surface area contributed by atoms with Gasteiger partial charge in [-0.1, -0.05) is 23.7 Å². The third-order valence-corrected chi connectivity index (χ3v) is 3.66. The van der Waals surface area contributed by atoms with E-state index in [-0.39, 0.29) is 5.54 Å². The summed E-state index contributed by atoms with van der Waals surface area (Å²) in [5.74, 6) is 0. The average molecular weight is 264 g/mol. The van der Waals surface area contributed by atoms with Crippen molar-refractivity contribution in [2.24, 2.45) is 5.73 Å². The molecule has 18 heavy (non-hydrogen) atoms. The molecular formula is C14H18ClN3. The number of halogens is 1. The Hall–Kier alpha value is -1.32. The van der Waals surface area contributed by atoms with E-state index in [2.05, 4.69) is 29.5 Å². The lowest BCUT2D eigenvalue weighted by atomic mass is 10.0. The maximum absolute atomic E-state index is 6.18. The first-order chi connectivity index (χ1) is 8.45. The van der Waals surface area contributed by atoms with E-state index in [0.717, 1.165) is 21.8 Å². The molecule has 1 heterocycles. The Kier molecular flexibility index (Phi) is 3.46. The minimum atomic E-state index is -0.163. The zero-order valence-electron chi connectivity index (χ0n) is 10.9. The van der Waals surface area contributed by atoms with E-state index in [1.165, 1.54) is 0 Å². The molecule has 0 atom stereocenters. The van der Waals surface area contributed by atoms with Gasteiger partial charge in [0.05, 0.1) is 23.8 Å². The monoisotopic (exact) mass is 263 g/mol. The molecule has 0 saturated heterocycles. The van der Waals surface area contributed by atoms with E-state index in [1.54, 1.807) is 0 Å². The first-order valence-corrected chi connectivity index (χ1v) is 6.33. The molecule has 0 bridgehead atoms. The molecule has 0 fully saturated rings. The highest BCUT2D eigenvalue weighted by molar-refractivity contribution is 6.31. The van der Waals surface area contributed by atoms with Crippen molar-refractivity contribution in [3.8, 4) is 11.3 Å². The molecule has 96 valence electrons. The van der Waals surface area contributed by atoms with Crippen molar-refractivity contribution in [1.29, 1.82) is 0 Å². The summed E-state index contributed by atoms with van der Waals surface area (Å²) in [6.45, 7) is 6.73. The second-order valence-electron chi connectivity index (χ2n) is 5.13. The fourth-order valence-electron chi connectivity index (χ4n) is 1.84. The lowest BCUT2D eigenvalue weighted by molar-refractivity contribution is 0.370. The van der Waals surface area contributed by atoms with Crippen LogP contribution in [0.3, 0.4) is 0 Å². The molecule has 0 saturated carbocycles. The highest BCUT2D eigenvalue weighted by Crippen LogP contribution is 2.28. The molecule has 4 heteroatoms. The largest absolute Gasteiger partial charge is 0.328 e. The highest BCUT2D eigenvalue weighted by Gasteiger charge is 2.21. The van der Waals surface area contributed by atoms with Crippen molar-refractivity contribution in [1.82, 2.24) is 9.55 Å². The molecule has 0 aliphatic carbocycles. The standard InChI is InChI=1S/C14H18ClN3/c1-10-4-5-11(6-12(10)15)13-7-17-9-18(13)14(2,3)8-16/h4-7,9H,8,16H2,1-3H3. The van der Waals surface area contributed by atoms with Gasteiger partial charge in [0.15, 0.2) is 0 Å². The quantitative estimate of drug-likeness (QED) is 0.924. The van der Waals surface area contributed by atoms with Crippen LogP contribution in [0.2, 0.25) is 5.02 Å². The summed E-state index contributed by atoms with van der Waals surface area (Å²) in [6, 6.07) is 6.04. The van der Waals surface area contributed by atoms with Crippen molar-refractivity contribution < 1.29 is 0 Å². The molecule has 0 radical (unpaired) electrons. The summed E-state index contributed by atoms with van der Waals surface area (Å²) in [5, 5.41) is 0.769. The van der Waals surface area contributed by atoms with E-state index in [0.29, 0.717) is 6.54 Å². The molecule has 1 aromatic heterocycles. The molecule has 1 aromatic carbocycles. The maximum Gasteiger partial charge on any atom is 0.0956 e. The van der Waals surface area contributed by atoms with E-state index >= 15 is 0 Å². The Morgan fingerprint density at radius 2 is 2.11 bits per heavy atom. The van der Waals surface area contributed by atoms with Gasteiger partial charge in [-0.15, -0.1) is 0 Å². The molecule has 0 aliphatic heterocycles. The maximum atomic E-state index is 6.18. The van der Waals surface area contributed by atoms with E-state index in [9.17, 15) is 0 Å². The highest BCUT2D eigenvalue weighted by atomic mass is 35.5. The number of benzene rings is 1. The van der Waals surface area contributed by atoms with Crippen molar-refractivity contribution >= 4 is 11.6 Å². The Morgan fingerprint density at radius 3 is 2.72 bits per heavy atom. The van der Waals surface area contributed by atoms with Gasteiger partial charge in [0.1, 0.15) is 0 Å². The summed E-state index contributed by atoms with van der Waals surface area (Å²) in [4.78, 5) is 4.23. The minimum absolute atomic E-state index is 0.163. The van der Waals surface area contributed by atoms with Crippen molar-refractivity contribution in [3.05, 3.63) is 41.3 Å². The van der Waals surface area contributed by atoms with Gasteiger partial charge in [-0.25, -0.2) is 4.98 Å². The Bertz CT molecular complexity index is 558. The zero-order chi connectivity index (χ0) is 13.3. The molecule has 0 unspecified atom stereocenters. The predicted molar refractivity (Wildman–Crippen MR) is 75.8 cm³/mol. The third kappa shape index (κ3) is 2.28. The van der Waals surface area contributed by atoms with Crippen molar-refractivity contribution in [2.45, 2.75) is 26.3 Å². The molecule has 2 rings (SSSR count). The molecule has 0 aliphatic rings. The second-order valence-corrected chi connectivity index (χ2v) is 5.54. The summed E-state index contributed by atoms with van der Waals surface area (Å²) in [5.41, 5.74) is 8.83. The average Bonchev–Trinajstić information content (AvgIpc) is 2.82. The van der Waals surface area contributed by atoms with Gasteiger partial charge in [-0.05, 0) is 32.4 Å². The van der Waals surface area contributed by atoms with Gasteiger partial charge >= 0.3 is 0 Å². The number of hydrogen-bond acceptors (Lipinski definition) is 2. The van der Waals surface area contributed by atoms with E-state index in [4.69, 9.17) is 17.3 Å². The van der Waals surface area contributed by atoms with Crippen LogP contribution in [0.4, 0.5) is 0 Å². The van der Waals surface area contributed by atoms with Crippen LogP contribution in [-0.2, 0) is 5.54 Å². The van der Waals surface area contributed by atoms with Crippen LogP contribution in [0.15, 0.2) is 30.7 Å². The van der Waals surface area contributed by atoms with Gasteiger partial charge in [-0.3, -0.25) is 0 Å². The molecular weight excluding hydrogens is 246 g/mol. The van der Waals surface area contributed by atoms with Crippen LogP contribution in [0.25, 0.3) is 11.3 Å². The third-order valence-electron chi connectivity index (χ3n) is 3.26. The van der Waals surface area contributed by atoms with Crippen LogP contribution < -0.4 is 5.73 Å². The first kappa shape index (κ1) is 13.1. The number of nitrogens with two attached hydrogens (primary N) is 1. The minimum Gasteiger partial charge on any atom is -0.328 e. The number of imidazole rings is 1. The van der Waals surface area contributed by atoms with Crippen LogP contribution in [0.1, 0.15) is 19.4 Å². The van der Waals surface area contributed by atoms with Gasteiger partial charge < -0.3 is 10.3 Å². The number of aryl methyl sites for hydroxylation is 1. The summed E-state index contributed by atoms with van der Waals surface area (Å²) >= 11 is 6.18. The molecule has 2 N–H and O–H groups in total. The molecule has 3 nitrogen and oxygen atoms in total. The number of nitrogens with zero attached hydrogens (tertiary/aromatic N) is 2. The smallest absolute Gasteiger partial charge is 0.0956 e. The lowest BCUT2D eigenvalue weighted by Crippen LogP contribution is -2.34. The van der Waals surface area contributed by atoms with Gasteiger partial charge in [0, 0.05) is 17.1 Å².